The van der Waals surface area contributed by atoms with Crippen LogP contribution in [-0.2, 0) is 42.7 Å². The molecule has 300 valence electrons. The fourth-order valence-electron chi connectivity index (χ4n) is 5.94. The van der Waals surface area contributed by atoms with Gasteiger partial charge in [0.05, 0.1) is 22.3 Å². The van der Waals surface area contributed by atoms with Gasteiger partial charge in [0.1, 0.15) is 0 Å². The summed E-state index contributed by atoms with van der Waals surface area (Å²) in [6.07, 6.45) is -19.4. The predicted molar refractivity (Wildman–Crippen MR) is 198 cm³/mol. The first-order valence-electron chi connectivity index (χ1n) is 16.5. The molecule has 6 aromatic rings. The van der Waals surface area contributed by atoms with E-state index in [0.717, 1.165) is 57.3 Å². The van der Waals surface area contributed by atoms with Crippen LogP contribution in [0.25, 0.3) is 43.8 Å². The minimum Gasteiger partial charge on any atom is -0.166 e. The van der Waals surface area contributed by atoms with Crippen molar-refractivity contribution in [3.8, 4) is 22.3 Å². The Hall–Kier alpha value is -3.06. The molecule has 0 bridgehead atoms. The van der Waals surface area contributed by atoms with Gasteiger partial charge < -0.3 is 0 Å². The molecule has 0 saturated heterocycles. The molecule has 0 aliphatic rings. The van der Waals surface area contributed by atoms with Crippen LogP contribution in [0.15, 0.2) is 84.9 Å². The Bertz CT molecular complexity index is 2170. The van der Waals surface area contributed by atoms with Crippen molar-refractivity contribution in [2.75, 3.05) is 0 Å². The van der Waals surface area contributed by atoms with E-state index in [1.807, 2.05) is 38.1 Å². The van der Waals surface area contributed by atoms with Crippen LogP contribution in [0, 0.1) is 27.7 Å². The van der Waals surface area contributed by atoms with Crippen molar-refractivity contribution in [1.29, 1.82) is 0 Å². The maximum atomic E-state index is 13.1. The van der Waals surface area contributed by atoms with Crippen LogP contribution in [-0.4, -0.2) is 5.43 Å². The standard InChI is InChI=1S/2C19H13F6.C2H6Si.2ClH.Zr/c2*1-10-3-12-4-11(2)6-17(16(12)5-10)13-7-14(18(20,21)22)9-15(8-13)19(23,24)25;1-3-2;;;/h2*3-9H,1-2H3;1-2H3;2*1H;/q2*-1;;;;+2/p-2. The minimum absolute atomic E-state index is 0.0959. The molecule has 0 nitrogen and oxygen atoms in total. The molecule has 0 aliphatic heterocycles. The molecule has 0 amide bonds. The van der Waals surface area contributed by atoms with E-state index >= 15 is 0 Å². The van der Waals surface area contributed by atoms with Gasteiger partial charge in [-0.15, -0.1) is 56.9 Å². The third-order valence-corrected chi connectivity index (χ3v) is 28.1. The molecule has 0 unspecified atom stereocenters. The summed E-state index contributed by atoms with van der Waals surface area (Å²) in [5.41, 5.74) is -1.62. The van der Waals surface area contributed by atoms with Crippen molar-refractivity contribution in [1.82, 2.24) is 0 Å². The van der Waals surface area contributed by atoms with Crippen LogP contribution in [0.4, 0.5) is 52.7 Å². The first-order valence-corrected chi connectivity index (χ1v) is 29.0. The number of hydrogen-bond donors (Lipinski definition) is 0. The fourth-order valence-corrected chi connectivity index (χ4v) is 5.94. The molecule has 0 heterocycles. The van der Waals surface area contributed by atoms with Crippen LogP contribution in [0.2, 0.25) is 13.1 Å². The molecule has 0 radical (unpaired) electrons. The Morgan fingerprint density at radius 3 is 0.946 bits per heavy atom. The first-order chi connectivity index (χ1) is 25.5. The molecule has 6 aromatic carbocycles. The smallest absolute Gasteiger partial charge is 0.166 e. The zero-order valence-electron chi connectivity index (χ0n) is 30.4. The normalized spacial score (nSPS) is 12.3. The average Bonchev–Trinajstić information content (AvgIpc) is 3.62. The summed E-state index contributed by atoms with van der Waals surface area (Å²) in [6, 6.07) is 17.5. The minimum atomic E-state index is -4.86. The van der Waals surface area contributed by atoms with Crippen LogP contribution in [0.3, 0.4) is 0 Å². The molecule has 0 spiro atoms. The van der Waals surface area contributed by atoms with Gasteiger partial charge in [0.2, 0.25) is 0 Å². The maximum Gasteiger partial charge on any atom is 0.416 e. The number of hydrogen-bond acceptors (Lipinski definition) is 0. The van der Waals surface area contributed by atoms with E-state index in [0.29, 0.717) is 21.9 Å². The molecule has 0 saturated carbocycles. The van der Waals surface area contributed by atoms with Gasteiger partial charge in [-0.25, -0.2) is 0 Å². The Morgan fingerprint density at radius 2 is 0.714 bits per heavy atom. The molecule has 16 heteroatoms. The van der Waals surface area contributed by atoms with Crippen molar-refractivity contribution in [3.63, 3.8) is 0 Å². The zero-order chi connectivity index (χ0) is 42.3. The molecule has 0 aromatic heterocycles. The Balaban J connectivity index is 0.000000217. The number of benzene rings is 4. The van der Waals surface area contributed by atoms with E-state index in [1.54, 1.807) is 38.1 Å². The van der Waals surface area contributed by atoms with E-state index in [2.05, 4.69) is 13.1 Å². The average molecular weight is 931 g/mol. The predicted octanol–water partition coefficient (Wildman–Crippen LogP) is 15.9. The number of rotatable bonds is 2. The van der Waals surface area contributed by atoms with E-state index in [-0.39, 0.29) is 28.7 Å². The monoisotopic (exact) mass is 928 g/mol. The van der Waals surface area contributed by atoms with Crippen LogP contribution >= 0.6 is 17.0 Å². The van der Waals surface area contributed by atoms with Crippen LogP contribution in [0.1, 0.15) is 44.5 Å². The number of fused-ring (bicyclic) bond motifs is 2. The quantitative estimate of drug-likeness (QED) is 0.0922. The van der Waals surface area contributed by atoms with Gasteiger partial charge in [-0.3, -0.25) is 0 Å². The molecular weight excluding hydrogens is 899 g/mol. The van der Waals surface area contributed by atoms with Crippen molar-refractivity contribution in [3.05, 3.63) is 129 Å². The zero-order valence-corrected chi connectivity index (χ0v) is 35.3. The second-order valence-corrected chi connectivity index (χ2v) is 36.5. The Morgan fingerprint density at radius 1 is 0.446 bits per heavy atom. The van der Waals surface area contributed by atoms with E-state index in [1.165, 1.54) is 0 Å². The third-order valence-electron chi connectivity index (χ3n) is 8.40. The van der Waals surface area contributed by atoms with Crippen molar-refractivity contribution >= 4 is 44.0 Å². The van der Waals surface area contributed by atoms with Gasteiger partial charge >= 0.3 is 78.2 Å². The topological polar surface area (TPSA) is 0 Å². The summed E-state index contributed by atoms with van der Waals surface area (Å²) >= 11 is -1.65. The van der Waals surface area contributed by atoms with Crippen molar-refractivity contribution < 1.29 is 70.7 Å². The van der Waals surface area contributed by atoms with Crippen LogP contribution in [0.5, 0.6) is 0 Å². The van der Waals surface area contributed by atoms with E-state index < -0.39 is 64.9 Å². The third kappa shape index (κ3) is 11.5. The SMILES string of the molecule is C[Si](C)=[Zr]([Cl])[Cl].Cc1cc(-c2cc(C(F)(F)F)cc(C(F)(F)F)c2)c2cc(C)[cH-]c2c1.Cc1cc(-c2cc(C(F)(F)F)cc(C(F)(F)F)c2)c2cc(C)[cH-]c2c1. The Kier molecular flexibility index (Phi) is 13.9. The maximum absolute atomic E-state index is 13.1. The molecule has 0 N–H and O–H groups in total. The summed E-state index contributed by atoms with van der Waals surface area (Å²) in [6.45, 7) is 11.5. The van der Waals surface area contributed by atoms with Gasteiger partial charge in [0.15, 0.2) is 0 Å². The summed E-state index contributed by atoms with van der Waals surface area (Å²) in [4.78, 5) is 0. The second kappa shape index (κ2) is 17.0. The van der Waals surface area contributed by atoms with Gasteiger partial charge in [-0.2, -0.15) is 64.8 Å². The summed E-state index contributed by atoms with van der Waals surface area (Å²) < 4.78 is 157. The number of alkyl halides is 12. The largest absolute Gasteiger partial charge is 0.416 e. The molecule has 6 rings (SSSR count). The van der Waals surface area contributed by atoms with Gasteiger partial charge in [-0.1, -0.05) is 48.2 Å². The molecular formula is C40H32Cl2F12SiZr-2. The van der Waals surface area contributed by atoms with Crippen LogP contribution < -0.4 is 0 Å². The summed E-state index contributed by atoms with van der Waals surface area (Å²) in [5.74, 6) is 0. The van der Waals surface area contributed by atoms with E-state index in [9.17, 15) is 52.7 Å². The van der Waals surface area contributed by atoms with Crippen molar-refractivity contribution in [2.45, 2.75) is 65.5 Å². The number of halogens is 14. The molecule has 56 heavy (non-hydrogen) atoms. The Labute approximate surface area is 330 Å². The van der Waals surface area contributed by atoms with Gasteiger partial charge in [0.25, 0.3) is 0 Å². The number of aryl methyl sites for hydroxylation is 4. The fraction of sp³-hybridized carbons (Fsp3) is 0.250. The van der Waals surface area contributed by atoms with Crippen molar-refractivity contribution in [2.24, 2.45) is 0 Å². The summed E-state index contributed by atoms with van der Waals surface area (Å²) in [5, 5.41) is 2.85. The van der Waals surface area contributed by atoms with Gasteiger partial charge in [0, 0.05) is 0 Å². The molecule has 0 fully saturated rings. The summed E-state index contributed by atoms with van der Waals surface area (Å²) in [7, 11) is 11.2. The van der Waals surface area contributed by atoms with E-state index in [4.69, 9.17) is 17.0 Å². The van der Waals surface area contributed by atoms with Gasteiger partial charge in [-0.05, 0) is 61.4 Å². The first kappa shape index (κ1) is 45.6. The molecule has 0 atom stereocenters. The molecule has 0 aliphatic carbocycles. The second-order valence-electron chi connectivity index (χ2n) is 13.5.